The van der Waals surface area contributed by atoms with E-state index in [4.69, 9.17) is 0 Å². The second-order valence-corrected chi connectivity index (χ2v) is 10.9. The normalized spacial score (nSPS) is 16.5. The van der Waals surface area contributed by atoms with Gasteiger partial charge in [-0.15, -0.1) is 0 Å². The summed E-state index contributed by atoms with van der Waals surface area (Å²) in [7, 11) is 1.71. The molecule has 0 saturated carbocycles. The molecule has 1 saturated heterocycles. The lowest BCUT2D eigenvalue weighted by molar-refractivity contribution is -0.115. The Morgan fingerprint density at radius 2 is 1.79 bits per heavy atom. The molecule has 1 atom stereocenters. The lowest BCUT2D eigenvalue weighted by Crippen LogP contribution is -2.18. The molecule has 2 N–H and O–H groups in total. The monoisotopic (exact) mass is 560 g/mol. The first kappa shape index (κ1) is 27.3. The number of aromatic nitrogens is 2. The van der Waals surface area contributed by atoms with Gasteiger partial charge >= 0.3 is 0 Å². The molecule has 3 aromatic carbocycles. The van der Waals surface area contributed by atoms with Crippen LogP contribution in [0, 0.1) is 6.92 Å². The summed E-state index contributed by atoms with van der Waals surface area (Å²) in [4.78, 5) is 45.9. The predicted molar refractivity (Wildman–Crippen MR) is 163 cm³/mol. The number of nitrogens with zero attached hydrogens (tertiary/aromatic N) is 4. The number of aryl methyl sites for hydroxylation is 2. The fourth-order valence-corrected chi connectivity index (χ4v) is 5.55. The topological polar surface area (TPSA) is 109 Å². The van der Waals surface area contributed by atoms with E-state index >= 15 is 0 Å². The highest BCUT2D eigenvalue weighted by Crippen LogP contribution is 2.33. The van der Waals surface area contributed by atoms with Crippen molar-refractivity contribution in [3.63, 3.8) is 0 Å². The third-order valence-corrected chi connectivity index (χ3v) is 7.72. The number of likely N-dealkylation sites (tertiary alicyclic amines) is 1. The molecule has 0 radical (unpaired) electrons. The maximum absolute atomic E-state index is 13.4. The Bertz CT molecular complexity index is 1700. The second kappa shape index (κ2) is 11.5. The first-order valence-electron chi connectivity index (χ1n) is 14.1. The molecular formula is C33H32N6O3. The smallest absolute Gasteiger partial charge is 0.273 e. The standard InChI is InChI=1S/C33H32N6O3/c1-21-16-30(38(2)37-21)33(42)35-26-7-5-6-23(17-26)31(40)24-10-13-27-28(32(41)36-29(27)18-24)19-34-25-11-8-22(9-12-25)20-39-14-3-4-15-39/h5-13,16-19,28H,3-4,14-15,20H2,1-2H3,(H,35,42)(H,36,41). The molecular weight excluding hydrogens is 528 g/mol. The molecule has 42 heavy (non-hydrogen) atoms. The molecule has 0 spiro atoms. The highest BCUT2D eigenvalue weighted by atomic mass is 16.2. The van der Waals surface area contributed by atoms with Crippen LogP contribution in [0.4, 0.5) is 17.1 Å². The first-order chi connectivity index (χ1) is 20.3. The number of aliphatic imine (C=N–C) groups is 1. The minimum atomic E-state index is -0.539. The van der Waals surface area contributed by atoms with Gasteiger partial charge < -0.3 is 10.6 Å². The van der Waals surface area contributed by atoms with Crippen LogP contribution in [0.1, 0.15) is 62.0 Å². The summed E-state index contributed by atoms with van der Waals surface area (Å²) in [5.41, 5.74) is 5.94. The third kappa shape index (κ3) is 5.77. The Hall–Kier alpha value is -4.89. The Morgan fingerprint density at radius 3 is 2.52 bits per heavy atom. The van der Waals surface area contributed by atoms with Gasteiger partial charge in [-0.05, 0) is 80.4 Å². The summed E-state index contributed by atoms with van der Waals surface area (Å²) >= 11 is 0. The number of nitrogens with one attached hydrogen (secondary N) is 2. The van der Waals surface area contributed by atoms with Gasteiger partial charge in [0.25, 0.3) is 5.91 Å². The summed E-state index contributed by atoms with van der Waals surface area (Å²) in [6.45, 7) is 5.08. The quantitative estimate of drug-likeness (QED) is 0.226. The van der Waals surface area contributed by atoms with E-state index in [1.807, 2.05) is 19.1 Å². The maximum atomic E-state index is 13.4. The maximum Gasteiger partial charge on any atom is 0.273 e. The number of fused-ring (bicyclic) bond motifs is 1. The van der Waals surface area contributed by atoms with E-state index in [2.05, 4.69) is 37.8 Å². The summed E-state index contributed by atoms with van der Waals surface area (Å²) < 4.78 is 1.52. The highest BCUT2D eigenvalue weighted by molar-refractivity contribution is 6.15. The van der Waals surface area contributed by atoms with Crippen LogP contribution in [0.25, 0.3) is 0 Å². The largest absolute Gasteiger partial charge is 0.325 e. The van der Waals surface area contributed by atoms with E-state index in [1.54, 1.807) is 61.8 Å². The van der Waals surface area contributed by atoms with Crippen molar-refractivity contribution < 1.29 is 14.4 Å². The van der Waals surface area contributed by atoms with Crippen molar-refractivity contribution in [1.82, 2.24) is 14.7 Å². The van der Waals surface area contributed by atoms with Crippen LogP contribution in [-0.4, -0.2) is 51.6 Å². The highest BCUT2D eigenvalue weighted by Gasteiger charge is 2.30. The zero-order chi connectivity index (χ0) is 29.2. The average molecular weight is 561 g/mol. The van der Waals surface area contributed by atoms with Gasteiger partial charge in [0.05, 0.1) is 11.4 Å². The number of anilines is 2. The van der Waals surface area contributed by atoms with Crippen LogP contribution in [0.5, 0.6) is 0 Å². The van der Waals surface area contributed by atoms with Crippen molar-refractivity contribution in [2.24, 2.45) is 12.0 Å². The molecule has 4 aromatic rings. The van der Waals surface area contributed by atoms with Gasteiger partial charge in [-0.25, -0.2) is 0 Å². The zero-order valence-electron chi connectivity index (χ0n) is 23.6. The molecule has 9 nitrogen and oxygen atoms in total. The van der Waals surface area contributed by atoms with E-state index < -0.39 is 5.92 Å². The lowest BCUT2D eigenvalue weighted by Gasteiger charge is -2.14. The van der Waals surface area contributed by atoms with Gasteiger partial charge in [-0.3, -0.25) is 29.0 Å². The predicted octanol–water partition coefficient (Wildman–Crippen LogP) is 5.25. The number of amides is 2. The summed E-state index contributed by atoms with van der Waals surface area (Å²) in [6.07, 6.45) is 4.19. The number of carbonyl (C=O) groups excluding carboxylic acids is 3. The molecule has 2 amide bonds. The van der Waals surface area contributed by atoms with Crippen LogP contribution in [-0.2, 0) is 18.4 Å². The van der Waals surface area contributed by atoms with Gasteiger partial charge in [-0.2, -0.15) is 5.10 Å². The van der Waals surface area contributed by atoms with Crippen molar-refractivity contribution in [3.8, 4) is 0 Å². The van der Waals surface area contributed by atoms with Gasteiger partial charge in [0.2, 0.25) is 5.91 Å². The SMILES string of the molecule is Cc1cc(C(=O)Nc2cccc(C(=O)c3ccc4c(c3)NC(=O)C4C=Nc3ccc(CN4CCCC4)cc3)c2)n(C)n1. The summed E-state index contributed by atoms with van der Waals surface area (Å²) in [5, 5.41) is 9.93. The zero-order valence-corrected chi connectivity index (χ0v) is 23.6. The van der Waals surface area contributed by atoms with Crippen LogP contribution in [0.3, 0.4) is 0 Å². The van der Waals surface area contributed by atoms with E-state index in [0.29, 0.717) is 28.2 Å². The lowest BCUT2D eigenvalue weighted by atomic mass is 9.97. The molecule has 2 aliphatic rings. The van der Waals surface area contributed by atoms with Crippen molar-refractivity contribution in [3.05, 3.63) is 106 Å². The van der Waals surface area contributed by atoms with Crippen molar-refractivity contribution in [2.75, 3.05) is 23.7 Å². The Morgan fingerprint density at radius 1 is 1.02 bits per heavy atom. The molecule has 9 heteroatoms. The average Bonchev–Trinajstić information content (AvgIpc) is 3.70. The number of benzene rings is 3. The molecule has 3 heterocycles. The molecule has 1 fully saturated rings. The van der Waals surface area contributed by atoms with E-state index in [1.165, 1.54) is 23.1 Å². The first-order valence-corrected chi connectivity index (χ1v) is 14.1. The summed E-state index contributed by atoms with van der Waals surface area (Å²) in [6, 6.07) is 21.8. The summed E-state index contributed by atoms with van der Waals surface area (Å²) in [5.74, 6) is -1.25. The van der Waals surface area contributed by atoms with Crippen LogP contribution >= 0.6 is 0 Å². The number of hydrogen-bond acceptors (Lipinski definition) is 6. The molecule has 1 unspecified atom stereocenters. The van der Waals surface area contributed by atoms with Crippen molar-refractivity contribution >= 4 is 40.9 Å². The van der Waals surface area contributed by atoms with Gasteiger partial charge in [0, 0.05) is 42.3 Å². The van der Waals surface area contributed by atoms with E-state index in [0.717, 1.165) is 36.6 Å². The van der Waals surface area contributed by atoms with E-state index in [9.17, 15) is 14.4 Å². The minimum Gasteiger partial charge on any atom is -0.325 e. The van der Waals surface area contributed by atoms with Crippen LogP contribution in [0.15, 0.2) is 77.8 Å². The van der Waals surface area contributed by atoms with E-state index in [-0.39, 0.29) is 17.6 Å². The molecule has 6 rings (SSSR count). The number of hydrogen-bond donors (Lipinski definition) is 2. The number of rotatable bonds is 8. The Balaban J connectivity index is 1.14. The van der Waals surface area contributed by atoms with Gasteiger partial charge in [0.1, 0.15) is 11.6 Å². The fourth-order valence-electron chi connectivity index (χ4n) is 5.55. The Kier molecular flexibility index (Phi) is 7.50. The second-order valence-electron chi connectivity index (χ2n) is 10.9. The van der Waals surface area contributed by atoms with Crippen LogP contribution < -0.4 is 10.6 Å². The molecule has 2 aliphatic heterocycles. The number of ketones is 1. The van der Waals surface area contributed by atoms with Crippen LogP contribution in [0.2, 0.25) is 0 Å². The van der Waals surface area contributed by atoms with Crippen molar-refractivity contribution in [2.45, 2.75) is 32.2 Å². The minimum absolute atomic E-state index is 0.181. The molecule has 0 aliphatic carbocycles. The van der Waals surface area contributed by atoms with Gasteiger partial charge in [0.15, 0.2) is 5.78 Å². The number of carbonyl (C=O) groups is 3. The molecule has 1 aromatic heterocycles. The molecule has 212 valence electrons. The Labute approximate surface area is 244 Å². The van der Waals surface area contributed by atoms with Gasteiger partial charge in [-0.1, -0.05) is 36.4 Å². The third-order valence-electron chi connectivity index (χ3n) is 7.72. The van der Waals surface area contributed by atoms with Crippen molar-refractivity contribution in [1.29, 1.82) is 0 Å². The molecule has 0 bridgehead atoms. The fraction of sp³-hybridized carbons (Fsp3) is 0.242.